The summed E-state index contributed by atoms with van der Waals surface area (Å²) >= 11 is 0. The molecule has 0 saturated carbocycles. The Morgan fingerprint density at radius 3 is 2.68 bits per heavy atom. The van der Waals surface area contributed by atoms with Crippen molar-refractivity contribution in [3.05, 3.63) is 53.5 Å². The first-order valence-corrected chi connectivity index (χ1v) is 7.67. The molecule has 1 aromatic carbocycles. The molecule has 1 amide bonds. The van der Waals surface area contributed by atoms with Crippen LogP contribution in [0.25, 0.3) is 0 Å². The molecule has 2 heterocycles. The van der Waals surface area contributed by atoms with Gasteiger partial charge in [-0.05, 0) is 56.0 Å². The zero-order valence-electron chi connectivity index (χ0n) is 13.0. The molecule has 0 bridgehead atoms. The molecule has 0 radical (unpaired) electrons. The Balaban J connectivity index is 1.71. The van der Waals surface area contributed by atoms with Crippen LogP contribution < -0.4 is 4.74 Å². The van der Waals surface area contributed by atoms with Gasteiger partial charge < -0.3 is 14.1 Å². The van der Waals surface area contributed by atoms with Crippen LogP contribution in [-0.4, -0.2) is 30.5 Å². The van der Waals surface area contributed by atoms with E-state index in [9.17, 15) is 4.79 Å². The maximum Gasteiger partial charge on any atom is 0.289 e. The Morgan fingerprint density at radius 2 is 2.05 bits per heavy atom. The van der Waals surface area contributed by atoms with E-state index in [0.717, 1.165) is 37.3 Å². The molecule has 2 aromatic rings. The Labute approximate surface area is 130 Å². The van der Waals surface area contributed by atoms with E-state index in [4.69, 9.17) is 9.15 Å². The highest BCUT2D eigenvalue weighted by molar-refractivity contribution is 5.92. The van der Waals surface area contributed by atoms with Gasteiger partial charge in [0.15, 0.2) is 5.76 Å². The van der Waals surface area contributed by atoms with Gasteiger partial charge in [-0.1, -0.05) is 12.1 Å². The first-order chi connectivity index (χ1) is 10.7. The number of likely N-dealkylation sites (tertiary alicyclic amines) is 1. The van der Waals surface area contributed by atoms with Gasteiger partial charge in [0.1, 0.15) is 11.5 Å². The summed E-state index contributed by atoms with van der Waals surface area (Å²) in [6.45, 7) is 2.66. The topological polar surface area (TPSA) is 42.7 Å². The second-order valence-corrected chi connectivity index (χ2v) is 5.76. The number of rotatable bonds is 4. The normalized spacial score (nSPS) is 17.7. The van der Waals surface area contributed by atoms with Gasteiger partial charge in [0.05, 0.1) is 7.11 Å². The van der Waals surface area contributed by atoms with Gasteiger partial charge in [-0.3, -0.25) is 4.79 Å². The minimum Gasteiger partial charge on any atom is -0.497 e. The lowest BCUT2D eigenvalue weighted by Gasteiger charge is -2.24. The van der Waals surface area contributed by atoms with E-state index in [1.54, 1.807) is 13.2 Å². The molecule has 1 aliphatic rings. The van der Waals surface area contributed by atoms with Crippen LogP contribution in [0, 0.1) is 6.92 Å². The first kappa shape index (κ1) is 14.7. The minimum absolute atomic E-state index is 0.00381. The number of benzene rings is 1. The average molecular weight is 299 g/mol. The zero-order valence-corrected chi connectivity index (χ0v) is 13.0. The molecule has 0 N–H and O–H groups in total. The number of ether oxygens (including phenoxy) is 1. The number of carbonyl (C=O) groups excluding carboxylic acids is 1. The van der Waals surface area contributed by atoms with Crippen molar-refractivity contribution in [3.8, 4) is 5.75 Å². The van der Waals surface area contributed by atoms with Gasteiger partial charge in [0.2, 0.25) is 0 Å². The van der Waals surface area contributed by atoms with E-state index in [1.165, 1.54) is 5.56 Å². The quantitative estimate of drug-likeness (QED) is 0.868. The van der Waals surface area contributed by atoms with Gasteiger partial charge >= 0.3 is 0 Å². The third-order valence-electron chi connectivity index (χ3n) is 4.22. The van der Waals surface area contributed by atoms with Crippen molar-refractivity contribution in [1.82, 2.24) is 4.90 Å². The maximum atomic E-state index is 12.6. The largest absolute Gasteiger partial charge is 0.497 e. The van der Waals surface area contributed by atoms with Crippen LogP contribution in [0.5, 0.6) is 5.75 Å². The summed E-state index contributed by atoms with van der Waals surface area (Å²) in [5, 5.41) is 0. The molecular weight excluding hydrogens is 278 g/mol. The van der Waals surface area contributed by atoms with E-state index in [2.05, 4.69) is 12.1 Å². The number of aryl methyl sites for hydroxylation is 1. The molecule has 4 heteroatoms. The van der Waals surface area contributed by atoms with Crippen LogP contribution in [0.4, 0.5) is 0 Å². The summed E-state index contributed by atoms with van der Waals surface area (Å²) in [5.74, 6) is 2.08. The van der Waals surface area contributed by atoms with Crippen molar-refractivity contribution in [3.63, 3.8) is 0 Å². The number of hydrogen-bond donors (Lipinski definition) is 0. The summed E-state index contributed by atoms with van der Waals surface area (Å²) in [5.41, 5.74) is 1.22. The third-order valence-corrected chi connectivity index (χ3v) is 4.22. The molecule has 0 aliphatic carbocycles. The van der Waals surface area contributed by atoms with Crippen LogP contribution in [-0.2, 0) is 6.42 Å². The lowest BCUT2D eigenvalue weighted by molar-refractivity contribution is 0.0703. The molecule has 0 spiro atoms. The highest BCUT2D eigenvalue weighted by Gasteiger charge is 2.30. The monoisotopic (exact) mass is 299 g/mol. The molecule has 1 unspecified atom stereocenters. The Bertz CT molecular complexity index is 645. The lowest BCUT2D eigenvalue weighted by Crippen LogP contribution is -2.36. The van der Waals surface area contributed by atoms with Gasteiger partial charge in [-0.2, -0.15) is 0 Å². The molecule has 1 aromatic heterocycles. The molecular formula is C18H21NO3. The lowest BCUT2D eigenvalue weighted by atomic mass is 10.0. The number of hydrogen-bond acceptors (Lipinski definition) is 3. The fraction of sp³-hybridized carbons (Fsp3) is 0.389. The zero-order chi connectivity index (χ0) is 15.5. The highest BCUT2D eigenvalue weighted by atomic mass is 16.5. The molecule has 22 heavy (non-hydrogen) atoms. The van der Waals surface area contributed by atoms with Crippen molar-refractivity contribution in [1.29, 1.82) is 0 Å². The van der Waals surface area contributed by atoms with Crippen LogP contribution in [0.3, 0.4) is 0 Å². The molecule has 1 atom stereocenters. The predicted octanol–water partition coefficient (Wildman–Crippen LogP) is 3.44. The van der Waals surface area contributed by atoms with Crippen molar-refractivity contribution in [2.75, 3.05) is 13.7 Å². The van der Waals surface area contributed by atoms with Crippen molar-refractivity contribution < 1.29 is 13.9 Å². The Kier molecular flexibility index (Phi) is 4.18. The van der Waals surface area contributed by atoms with Gasteiger partial charge in [-0.15, -0.1) is 0 Å². The Morgan fingerprint density at radius 1 is 1.27 bits per heavy atom. The van der Waals surface area contributed by atoms with Gasteiger partial charge in [-0.25, -0.2) is 0 Å². The summed E-state index contributed by atoms with van der Waals surface area (Å²) < 4.78 is 10.7. The van der Waals surface area contributed by atoms with Crippen molar-refractivity contribution in [2.45, 2.75) is 32.2 Å². The predicted molar refractivity (Wildman–Crippen MR) is 84.2 cm³/mol. The number of carbonyl (C=O) groups is 1. The van der Waals surface area contributed by atoms with Crippen LogP contribution >= 0.6 is 0 Å². The molecule has 116 valence electrons. The van der Waals surface area contributed by atoms with Gasteiger partial charge in [0.25, 0.3) is 5.91 Å². The van der Waals surface area contributed by atoms with E-state index in [1.807, 2.05) is 30.0 Å². The first-order valence-electron chi connectivity index (χ1n) is 7.67. The van der Waals surface area contributed by atoms with Crippen LogP contribution in [0.2, 0.25) is 0 Å². The fourth-order valence-electron chi connectivity index (χ4n) is 3.04. The second kappa shape index (κ2) is 6.26. The SMILES string of the molecule is COc1ccc(CC2CCCN2C(=O)c2ccc(C)o2)cc1. The number of furan rings is 1. The number of nitrogens with zero attached hydrogens (tertiary/aromatic N) is 1. The number of amides is 1. The molecule has 4 nitrogen and oxygen atoms in total. The van der Waals surface area contributed by atoms with E-state index in [0.29, 0.717) is 5.76 Å². The van der Waals surface area contributed by atoms with Crippen molar-refractivity contribution >= 4 is 5.91 Å². The van der Waals surface area contributed by atoms with Crippen LogP contribution in [0.15, 0.2) is 40.8 Å². The molecule has 3 rings (SSSR count). The molecule has 1 aliphatic heterocycles. The minimum atomic E-state index is 0.00381. The highest BCUT2D eigenvalue weighted by Crippen LogP contribution is 2.24. The Hall–Kier alpha value is -2.23. The van der Waals surface area contributed by atoms with Crippen LogP contribution in [0.1, 0.15) is 34.7 Å². The summed E-state index contributed by atoms with van der Waals surface area (Å²) in [6, 6.07) is 11.9. The van der Waals surface area contributed by atoms with E-state index >= 15 is 0 Å². The van der Waals surface area contributed by atoms with Crippen molar-refractivity contribution in [2.24, 2.45) is 0 Å². The smallest absolute Gasteiger partial charge is 0.289 e. The third kappa shape index (κ3) is 3.01. The summed E-state index contributed by atoms with van der Waals surface area (Å²) in [7, 11) is 1.66. The van der Waals surface area contributed by atoms with E-state index in [-0.39, 0.29) is 11.9 Å². The standard InChI is InChI=1S/C18H21NO3/c1-13-5-10-17(22-13)18(20)19-11-3-4-15(19)12-14-6-8-16(21-2)9-7-14/h5-10,15H,3-4,11-12H2,1-2H3. The maximum absolute atomic E-state index is 12.6. The summed E-state index contributed by atoms with van der Waals surface area (Å²) in [6.07, 6.45) is 2.96. The second-order valence-electron chi connectivity index (χ2n) is 5.76. The number of methoxy groups -OCH3 is 1. The summed E-state index contributed by atoms with van der Waals surface area (Å²) in [4.78, 5) is 14.5. The average Bonchev–Trinajstić information content (AvgIpc) is 3.16. The van der Waals surface area contributed by atoms with E-state index < -0.39 is 0 Å². The fourth-order valence-corrected chi connectivity index (χ4v) is 3.04. The van der Waals surface area contributed by atoms with Gasteiger partial charge in [0, 0.05) is 12.6 Å². The molecule has 1 fully saturated rings. The molecule has 1 saturated heterocycles.